The van der Waals surface area contributed by atoms with E-state index < -0.39 is 5.54 Å². The molecule has 110 valence electrons. The topological polar surface area (TPSA) is 58.4 Å². The van der Waals surface area contributed by atoms with Crippen LogP contribution in [0.3, 0.4) is 0 Å². The normalized spacial score (nSPS) is 22.1. The lowest BCUT2D eigenvalue weighted by Gasteiger charge is -2.47. The van der Waals surface area contributed by atoms with Crippen molar-refractivity contribution in [2.45, 2.75) is 38.4 Å². The zero-order valence-electron chi connectivity index (χ0n) is 12.2. The number of nitrogens with zero attached hydrogens (tertiary/aromatic N) is 1. The van der Waals surface area contributed by atoms with Crippen molar-refractivity contribution in [2.75, 3.05) is 13.1 Å². The first-order valence-electron chi connectivity index (χ1n) is 6.90. The largest absolute Gasteiger partial charge is 0.353 e. The van der Waals surface area contributed by atoms with Crippen LogP contribution in [0, 0.1) is 0 Å². The number of nitrogens with two attached hydrogens (primary N) is 1. The lowest BCUT2D eigenvalue weighted by atomic mass is 9.90. The Bertz CT molecular complexity index is 502. The first-order valence-corrected chi connectivity index (χ1v) is 7.28. The number of nitrogens with one attached hydrogen (secondary N) is 1. The molecule has 0 aromatic heterocycles. The average molecular weight is 296 g/mol. The van der Waals surface area contributed by atoms with E-state index in [2.05, 4.69) is 10.2 Å². The van der Waals surface area contributed by atoms with Gasteiger partial charge in [0.15, 0.2) is 0 Å². The fraction of sp³-hybridized carbons (Fsp3) is 0.533. The summed E-state index contributed by atoms with van der Waals surface area (Å²) in [4.78, 5) is 14.3. The van der Waals surface area contributed by atoms with Crippen LogP contribution >= 0.6 is 11.6 Å². The van der Waals surface area contributed by atoms with E-state index in [-0.39, 0.29) is 18.0 Å². The van der Waals surface area contributed by atoms with Crippen LogP contribution < -0.4 is 11.1 Å². The van der Waals surface area contributed by atoms with Gasteiger partial charge >= 0.3 is 0 Å². The maximum atomic E-state index is 12.1. The van der Waals surface area contributed by atoms with Crippen molar-refractivity contribution < 1.29 is 4.79 Å². The van der Waals surface area contributed by atoms with Gasteiger partial charge in [0.25, 0.3) is 0 Å². The third-order valence-corrected chi connectivity index (χ3v) is 4.31. The molecule has 1 fully saturated rings. The van der Waals surface area contributed by atoms with E-state index in [1.807, 2.05) is 45.0 Å². The summed E-state index contributed by atoms with van der Waals surface area (Å²) in [7, 11) is 0. The molecule has 2 atom stereocenters. The first-order chi connectivity index (χ1) is 9.35. The number of halogens is 1. The molecule has 0 radical (unpaired) electrons. The third-order valence-electron chi connectivity index (χ3n) is 3.97. The molecule has 1 aromatic carbocycles. The van der Waals surface area contributed by atoms with Crippen LogP contribution in [0.4, 0.5) is 0 Å². The number of carbonyl (C=O) groups excluding carboxylic acids is 1. The number of carbonyl (C=O) groups is 1. The Labute approximate surface area is 125 Å². The van der Waals surface area contributed by atoms with E-state index in [4.69, 9.17) is 17.3 Å². The van der Waals surface area contributed by atoms with Gasteiger partial charge in [-0.15, -0.1) is 0 Å². The molecule has 3 N–H and O–H groups in total. The molecule has 1 heterocycles. The van der Waals surface area contributed by atoms with Gasteiger partial charge in [-0.2, -0.15) is 0 Å². The molecule has 1 aliphatic rings. The van der Waals surface area contributed by atoms with Crippen LogP contribution in [0.15, 0.2) is 24.3 Å². The van der Waals surface area contributed by atoms with Crippen molar-refractivity contribution >= 4 is 17.5 Å². The second kappa shape index (κ2) is 5.72. The highest BCUT2D eigenvalue weighted by Crippen LogP contribution is 2.35. The highest BCUT2D eigenvalue weighted by molar-refractivity contribution is 6.31. The lowest BCUT2D eigenvalue weighted by molar-refractivity contribution is -0.137. The predicted octanol–water partition coefficient (Wildman–Crippen LogP) is 1.94. The summed E-state index contributed by atoms with van der Waals surface area (Å²) in [6.45, 7) is 7.20. The fourth-order valence-electron chi connectivity index (χ4n) is 2.85. The summed E-state index contributed by atoms with van der Waals surface area (Å²) in [6, 6.07) is 7.50. The number of piperazine rings is 1. The molecule has 4 nitrogen and oxygen atoms in total. The SMILES string of the molecule is CC(N)C(c1ccccc1Cl)N1CCNC(=O)C1(C)C. The van der Waals surface area contributed by atoms with Gasteiger partial charge in [-0.25, -0.2) is 0 Å². The molecule has 1 amide bonds. The van der Waals surface area contributed by atoms with Crippen LogP contribution in [-0.4, -0.2) is 35.5 Å². The molecular formula is C15H22ClN3O. The van der Waals surface area contributed by atoms with Crippen LogP contribution in [0.1, 0.15) is 32.4 Å². The molecule has 2 rings (SSSR count). The number of amides is 1. The zero-order chi connectivity index (χ0) is 14.9. The Balaban J connectivity index is 2.44. The Kier molecular flexibility index (Phi) is 4.37. The molecule has 1 saturated heterocycles. The van der Waals surface area contributed by atoms with E-state index in [1.54, 1.807) is 0 Å². The maximum Gasteiger partial charge on any atom is 0.240 e. The van der Waals surface area contributed by atoms with E-state index in [0.29, 0.717) is 11.6 Å². The minimum Gasteiger partial charge on any atom is -0.353 e. The Hall–Kier alpha value is -1.10. The molecule has 5 heteroatoms. The van der Waals surface area contributed by atoms with Gasteiger partial charge < -0.3 is 11.1 Å². The van der Waals surface area contributed by atoms with Crippen LogP contribution in [-0.2, 0) is 4.79 Å². The van der Waals surface area contributed by atoms with Crippen LogP contribution in [0.2, 0.25) is 5.02 Å². The Morgan fingerprint density at radius 2 is 2.05 bits per heavy atom. The van der Waals surface area contributed by atoms with Crippen molar-refractivity contribution in [3.8, 4) is 0 Å². The monoisotopic (exact) mass is 295 g/mol. The van der Waals surface area contributed by atoms with Gasteiger partial charge in [0, 0.05) is 24.2 Å². The van der Waals surface area contributed by atoms with Crippen molar-refractivity contribution in [3.05, 3.63) is 34.9 Å². The van der Waals surface area contributed by atoms with Crippen LogP contribution in [0.25, 0.3) is 0 Å². The minimum atomic E-state index is -0.601. The molecule has 20 heavy (non-hydrogen) atoms. The van der Waals surface area contributed by atoms with Crippen molar-refractivity contribution in [1.29, 1.82) is 0 Å². The Morgan fingerprint density at radius 3 is 2.65 bits per heavy atom. The number of benzene rings is 1. The van der Waals surface area contributed by atoms with Crippen molar-refractivity contribution in [3.63, 3.8) is 0 Å². The summed E-state index contributed by atoms with van der Waals surface area (Å²) in [6.07, 6.45) is 0. The molecule has 1 aromatic rings. The van der Waals surface area contributed by atoms with E-state index in [1.165, 1.54) is 0 Å². The van der Waals surface area contributed by atoms with Crippen LogP contribution in [0.5, 0.6) is 0 Å². The smallest absolute Gasteiger partial charge is 0.240 e. The Morgan fingerprint density at radius 1 is 1.40 bits per heavy atom. The molecule has 0 saturated carbocycles. The van der Waals surface area contributed by atoms with Gasteiger partial charge in [0.05, 0.1) is 11.6 Å². The molecule has 1 aliphatic heterocycles. The molecule has 2 unspecified atom stereocenters. The van der Waals surface area contributed by atoms with Crippen molar-refractivity contribution in [2.24, 2.45) is 5.73 Å². The molecular weight excluding hydrogens is 274 g/mol. The fourth-order valence-corrected chi connectivity index (χ4v) is 3.10. The predicted molar refractivity (Wildman–Crippen MR) is 81.6 cm³/mol. The maximum absolute atomic E-state index is 12.1. The second-order valence-corrected chi connectivity index (χ2v) is 6.24. The molecule has 0 spiro atoms. The van der Waals surface area contributed by atoms with E-state index >= 15 is 0 Å². The summed E-state index contributed by atoms with van der Waals surface area (Å²) in [5.74, 6) is 0.0291. The van der Waals surface area contributed by atoms with Gasteiger partial charge in [-0.05, 0) is 32.4 Å². The summed E-state index contributed by atoms with van der Waals surface area (Å²) >= 11 is 6.33. The summed E-state index contributed by atoms with van der Waals surface area (Å²) in [5, 5.41) is 3.60. The molecule has 0 aliphatic carbocycles. The van der Waals surface area contributed by atoms with E-state index in [0.717, 1.165) is 12.1 Å². The molecule has 0 bridgehead atoms. The second-order valence-electron chi connectivity index (χ2n) is 5.83. The van der Waals surface area contributed by atoms with Gasteiger partial charge in [-0.1, -0.05) is 29.8 Å². The summed E-state index contributed by atoms with van der Waals surface area (Å²) in [5.41, 5.74) is 6.58. The van der Waals surface area contributed by atoms with Gasteiger partial charge in [0.1, 0.15) is 0 Å². The number of hydrogen-bond donors (Lipinski definition) is 2. The number of rotatable bonds is 3. The third kappa shape index (κ3) is 2.68. The average Bonchev–Trinajstić information content (AvgIpc) is 2.37. The first kappa shape index (κ1) is 15.3. The summed E-state index contributed by atoms with van der Waals surface area (Å²) < 4.78 is 0. The number of hydrogen-bond acceptors (Lipinski definition) is 3. The minimum absolute atomic E-state index is 0.0291. The quantitative estimate of drug-likeness (QED) is 0.896. The highest BCUT2D eigenvalue weighted by Gasteiger charge is 2.43. The lowest BCUT2D eigenvalue weighted by Crippen LogP contribution is -2.64. The van der Waals surface area contributed by atoms with Gasteiger partial charge in [-0.3, -0.25) is 9.69 Å². The highest BCUT2D eigenvalue weighted by atomic mass is 35.5. The van der Waals surface area contributed by atoms with E-state index in [9.17, 15) is 4.79 Å². The standard InChI is InChI=1S/C15H22ClN3O/c1-10(17)13(11-6-4-5-7-12(11)16)19-9-8-18-14(20)15(19,2)3/h4-7,10,13H,8-9,17H2,1-3H3,(H,18,20). The van der Waals surface area contributed by atoms with Gasteiger partial charge in [0.2, 0.25) is 5.91 Å². The van der Waals surface area contributed by atoms with Crippen molar-refractivity contribution in [1.82, 2.24) is 10.2 Å². The zero-order valence-corrected chi connectivity index (χ0v) is 12.9.